The van der Waals surface area contributed by atoms with Crippen molar-refractivity contribution in [3.05, 3.63) is 34.9 Å². The van der Waals surface area contributed by atoms with Crippen LogP contribution in [0.25, 0.3) is 0 Å². The molecule has 0 spiro atoms. The fraction of sp³-hybridized carbons (Fsp3) is 0.462. The Morgan fingerprint density at radius 2 is 2.06 bits per heavy atom. The van der Waals surface area contributed by atoms with Gasteiger partial charge < -0.3 is 15.4 Å². The quantitative estimate of drug-likeness (QED) is 0.743. The monoisotopic (exact) mass is 270 g/mol. The van der Waals surface area contributed by atoms with Crippen LogP contribution in [-0.2, 0) is 9.53 Å². The summed E-state index contributed by atoms with van der Waals surface area (Å²) in [4.78, 5) is 11.5. The van der Waals surface area contributed by atoms with Gasteiger partial charge >= 0.3 is 0 Å². The Bertz CT molecular complexity index is 368. The standard InChI is InChI=1S/C13H19ClN2O2/c1-10(11-3-5-12(14)6-4-11)16-9-13(17)15-7-8-18-2/h3-6,10,16H,7-9H2,1-2H3,(H,15,17)/t10-/m1/s1. The van der Waals surface area contributed by atoms with Gasteiger partial charge in [-0.3, -0.25) is 4.79 Å². The van der Waals surface area contributed by atoms with Crippen LogP contribution < -0.4 is 10.6 Å². The molecule has 0 heterocycles. The van der Waals surface area contributed by atoms with Gasteiger partial charge in [0.1, 0.15) is 0 Å². The van der Waals surface area contributed by atoms with Crippen LogP contribution >= 0.6 is 11.6 Å². The van der Waals surface area contributed by atoms with Crippen molar-refractivity contribution in [2.24, 2.45) is 0 Å². The van der Waals surface area contributed by atoms with Gasteiger partial charge in [0.25, 0.3) is 0 Å². The average molecular weight is 271 g/mol. The number of carbonyl (C=O) groups excluding carboxylic acids is 1. The maximum absolute atomic E-state index is 11.5. The molecule has 0 aromatic heterocycles. The van der Waals surface area contributed by atoms with E-state index in [0.29, 0.717) is 18.2 Å². The zero-order valence-corrected chi connectivity index (χ0v) is 11.5. The number of benzene rings is 1. The molecule has 1 rings (SSSR count). The van der Waals surface area contributed by atoms with Gasteiger partial charge in [0.15, 0.2) is 0 Å². The lowest BCUT2D eigenvalue weighted by Crippen LogP contribution is -2.36. The number of rotatable bonds is 7. The molecule has 4 nitrogen and oxygen atoms in total. The molecule has 100 valence electrons. The van der Waals surface area contributed by atoms with Gasteiger partial charge in [-0.25, -0.2) is 0 Å². The van der Waals surface area contributed by atoms with Gasteiger partial charge in [-0.05, 0) is 24.6 Å². The van der Waals surface area contributed by atoms with Crippen molar-refractivity contribution in [1.82, 2.24) is 10.6 Å². The van der Waals surface area contributed by atoms with E-state index in [9.17, 15) is 4.79 Å². The smallest absolute Gasteiger partial charge is 0.234 e. The number of amides is 1. The molecule has 0 saturated heterocycles. The van der Waals surface area contributed by atoms with Gasteiger partial charge in [-0.15, -0.1) is 0 Å². The predicted molar refractivity (Wildman–Crippen MR) is 72.8 cm³/mol. The highest BCUT2D eigenvalue weighted by Crippen LogP contribution is 2.15. The first kappa shape index (κ1) is 15.0. The van der Waals surface area contributed by atoms with Crippen molar-refractivity contribution in [1.29, 1.82) is 0 Å². The first-order valence-corrected chi connectivity index (χ1v) is 6.25. The number of hydrogen-bond donors (Lipinski definition) is 2. The Morgan fingerprint density at radius 1 is 1.39 bits per heavy atom. The lowest BCUT2D eigenvalue weighted by atomic mass is 10.1. The second-order valence-corrected chi connectivity index (χ2v) is 4.43. The van der Waals surface area contributed by atoms with Crippen LogP contribution in [0.1, 0.15) is 18.5 Å². The summed E-state index contributed by atoms with van der Waals surface area (Å²) < 4.78 is 4.85. The summed E-state index contributed by atoms with van der Waals surface area (Å²) in [5.74, 6) is -0.0344. The summed E-state index contributed by atoms with van der Waals surface area (Å²) in [6.07, 6.45) is 0. The minimum Gasteiger partial charge on any atom is -0.383 e. The zero-order valence-electron chi connectivity index (χ0n) is 10.7. The van der Waals surface area contributed by atoms with Crippen LogP contribution in [0, 0.1) is 0 Å². The zero-order chi connectivity index (χ0) is 13.4. The number of ether oxygens (including phenoxy) is 1. The molecule has 1 aromatic carbocycles. The van der Waals surface area contributed by atoms with Crippen molar-refractivity contribution < 1.29 is 9.53 Å². The van der Waals surface area contributed by atoms with Gasteiger partial charge in [-0.2, -0.15) is 0 Å². The van der Waals surface area contributed by atoms with E-state index in [1.54, 1.807) is 7.11 Å². The average Bonchev–Trinajstić information content (AvgIpc) is 2.37. The third kappa shape index (κ3) is 5.49. The lowest BCUT2D eigenvalue weighted by molar-refractivity contribution is -0.120. The Kier molecular flexibility index (Phi) is 6.72. The molecular weight excluding hydrogens is 252 g/mol. The Balaban J connectivity index is 2.30. The number of halogens is 1. The fourth-order valence-corrected chi connectivity index (χ4v) is 1.60. The molecule has 0 saturated carbocycles. The lowest BCUT2D eigenvalue weighted by Gasteiger charge is -2.14. The van der Waals surface area contributed by atoms with E-state index in [0.717, 1.165) is 5.56 Å². The van der Waals surface area contributed by atoms with Crippen LogP contribution in [0.5, 0.6) is 0 Å². The molecule has 18 heavy (non-hydrogen) atoms. The number of methoxy groups -OCH3 is 1. The number of hydrogen-bond acceptors (Lipinski definition) is 3. The first-order valence-electron chi connectivity index (χ1n) is 5.88. The van der Waals surface area contributed by atoms with Crippen LogP contribution in [0.3, 0.4) is 0 Å². The van der Waals surface area contributed by atoms with Gasteiger partial charge in [0.05, 0.1) is 13.2 Å². The van der Waals surface area contributed by atoms with Gasteiger partial charge in [0, 0.05) is 24.7 Å². The summed E-state index contributed by atoms with van der Waals surface area (Å²) in [7, 11) is 1.60. The molecule has 1 amide bonds. The third-order valence-electron chi connectivity index (χ3n) is 2.57. The molecule has 0 unspecified atom stereocenters. The van der Waals surface area contributed by atoms with E-state index in [1.807, 2.05) is 31.2 Å². The van der Waals surface area contributed by atoms with Crippen molar-refractivity contribution in [3.8, 4) is 0 Å². The van der Waals surface area contributed by atoms with Gasteiger partial charge in [0.2, 0.25) is 5.91 Å². The minimum absolute atomic E-state index is 0.0344. The molecule has 2 N–H and O–H groups in total. The molecular formula is C13H19ClN2O2. The Labute approximate surface area is 113 Å². The second kappa shape index (κ2) is 8.08. The predicted octanol–water partition coefficient (Wildman–Crippen LogP) is 1.75. The SMILES string of the molecule is COCCNC(=O)CN[C@H](C)c1ccc(Cl)cc1. The van der Waals surface area contributed by atoms with E-state index >= 15 is 0 Å². The first-order chi connectivity index (χ1) is 8.63. The largest absolute Gasteiger partial charge is 0.383 e. The van der Waals surface area contributed by atoms with Gasteiger partial charge in [-0.1, -0.05) is 23.7 Å². The maximum atomic E-state index is 11.5. The van der Waals surface area contributed by atoms with E-state index < -0.39 is 0 Å². The van der Waals surface area contributed by atoms with Crippen LogP contribution in [0.2, 0.25) is 5.02 Å². The topological polar surface area (TPSA) is 50.4 Å². The van der Waals surface area contributed by atoms with Crippen LogP contribution in [0.4, 0.5) is 0 Å². The Morgan fingerprint density at radius 3 is 2.67 bits per heavy atom. The van der Waals surface area contributed by atoms with Crippen molar-refractivity contribution in [2.45, 2.75) is 13.0 Å². The van der Waals surface area contributed by atoms with Crippen molar-refractivity contribution >= 4 is 17.5 Å². The van der Waals surface area contributed by atoms with Crippen LogP contribution in [-0.4, -0.2) is 32.7 Å². The number of carbonyl (C=O) groups is 1. The molecule has 1 aromatic rings. The third-order valence-corrected chi connectivity index (χ3v) is 2.82. The molecule has 0 aliphatic heterocycles. The van der Waals surface area contributed by atoms with E-state index in [-0.39, 0.29) is 18.5 Å². The molecule has 1 atom stereocenters. The summed E-state index contributed by atoms with van der Waals surface area (Å²) in [6, 6.07) is 7.68. The molecule has 0 aliphatic rings. The minimum atomic E-state index is -0.0344. The van der Waals surface area contributed by atoms with E-state index in [1.165, 1.54) is 0 Å². The Hall–Kier alpha value is -1.10. The molecule has 5 heteroatoms. The normalized spacial score (nSPS) is 12.2. The summed E-state index contributed by atoms with van der Waals surface area (Å²) in [5.41, 5.74) is 1.10. The van der Waals surface area contributed by atoms with E-state index in [4.69, 9.17) is 16.3 Å². The maximum Gasteiger partial charge on any atom is 0.234 e. The van der Waals surface area contributed by atoms with Crippen molar-refractivity contribution in [2.75, 3.05) is 26.8 Å². The summed E-state index contributed by atoms with van der Waals surface area (Å²) in [5, 5.41) is 6.61. The fourth-order valence-electron chi connectivity index (χ4n) is 1.47. The highest BCUT2D eigenvalue weighted by Gasteiger charge is 2.07. The molecule has 0 aliphatic carbocycles. The summed E-state index contributed by atoms with van der Waals surface area (Å²) >= 11 is 5.82. The van der Waals surface area contributed by atoms with E-state index in [2.05, 4.69) is 10.6 Å². The molecule has 0 bridgehead atoms. The second-order valence-electron chi connectivity index (χ2n) is 4.00. The number of nitrogens with one attached hydrogen (secondary N) is 2. The summed E-state index contributed by atoms with van der Waals surface area (Å²) in [6.45, 7) is 3.35. The van der Waals surface area contributed by atoms with Crippen LogP contribution in [0.15, 0.2) is 24.3 Å². The highest BCUT2D eigenvalue weighted by molar-refractivity contribution is 6.30. The molecule has 0 radical (unpaired) electrons. The highest BCUT2D eigenvalue weighted by atomic mass is 35.5. The molecule has 0 fully saturated rings. The van der Waals surface area contributed by atoms with Crippen molar-refractivity contribution in [3.63, 3.8) is 0 Å².